The van der Waals surface area contributed by atoms with E-state index in [1.807, 2.05) is 12.1 Å². The number of halogens is 2. The van der Waals surface area contributed by atoms with Gasteiger partial charge >= 0.3 is 0 Å². The molecular formula is C14H15Cl2N. The molecule has 1 saturated carbocycles. The van der Waals surface area contributed by atoms with Crippen LogP contribution in [0.3, 0.4) is 0 Å². The highest BCUT2D eigenvalue weighted by Gasteiger charge is 2.46. The van der Waals surface area contributed by atoms with Gasteiger partial charge in [0.05, 0.1) is 11.5 Å². The zero-order valence-corrected chi connectivity index (χ0v) is 11.4. The van der Waals surface area contributed by atoms with E-state index in [2.05, 4.69) is 13.0 Å². The predicted molar refractivity (Wildman–Crippen MR) is 71.4 cm³/mol. The van der Waals surface area contributed by atoms with E-state index in [4.69, 9.17) is 23.2 Å². The van der Waals surface area contributed by atoms with Gasteiger partial charge in [-0.2, -0.15) is 5.26 Å². The van der Waals surface area contributed by atoms with Crippen LogP contribution in [0.15, 0.2) is 18.2 Å². The fourth-order valence-corrected chi connectivity index (χ4v) is 3.38. The third kappa shape index (κ3) is 2.30. The molecule has 0 spiro atoms. The molecule has 0 unspecified atom stereocenters. The molecule has 0 radical (unpaired) electrons. The van der Waals surface area contributed by atoms with Gasteiger partial charge in [-0.25, -0.2) is 0 Å². The van der Waals surface area contributed by atoms with Crippen molar-refractivity contribution in [1.29, 1.82) is 5.26 Å². The lowest BCUT2D eigenvalue weighted by Crippen LogP contribution is -2.40. The molecule has 1 aromatic rings. The molecule has 90 valence electrons. The van der Waals surface area contributed by atoms with E-state index in [-0.39, 0.29) is 5.41 Å². The smallest absolute Gasteiger partial charge is 0.0842 e. The van der Waals surface area contributed by atoms with Crippen LogP contribution in [0, 0.1) is 17.2 Å². The molecule has 0 amide bonds. The highest BCUT2D eigenvalue weighted by atomic mass is 35.5. The van der Waals surface area contributed by atoms with Gasteiger partial charge in [0, 0.05) is 10.0 Å². The Hall–Kier alpha value is -0.710. The van der Waals surface area contributed by atoms with E-state index in [0.717, 1.165) is 18.4 Å². The van der Waals surface area contributed by atoms with Gasteiger partial charge < -0.3 is 0 Å². The molecule has 2 rings (SSSR count). The zero-order chi connectivity index (χ0) is 12.5. The van der Waals surface area contributed by atoms with Crippen LogP contribution < -0.4 is 0 Å². The summed E-state index contributed by atoms with van der Waals surface area (Å²) in [6, 6.07) is 7.89. The lowest BCUT2D eigenvalue weighted by atomic mass is 9.58. The lowest BCUT2D eigenvalue weighted by Gasteiger charge is -2.43. The number of nitriles is 1. The molecule has 0 aromatic heterocycles. The topological polar surface area (TPSA) is 23.8 Å². The maximum Gasteiger partial charge on any atom is 0.0842 e. The van der Waals surface area contributed by atoms with E-state index >= 15 is 0 Å². The number of nitrogens with zero attached hydrogens (tertiary/aromatic N) is 1. The molecular weight excluding hydrogens is 253 g/mol. The first kappa shape index (κ1) is 12.7. The summed E-state index contributed by atoms with van der Waals surface area (Å²) >= 11 is 12.1. The van der Waals surface area contributed by atoms with Crippen molar-refractivity contribution in [1.82, 2.24) is 0 Å². The van der Waals surface area contributed by atoms with E-state index in [1.54, 1.807) is 6.07 Å². The van der Waals surface area contributed by atoms with Crippen LogP contribution in [-0.4, -0.2) is 0 Å². The van der Waals surface area contributed by atoms with E-state index in [9.17, 15) is 5.26 Å². The average molecular weight is 268 g/mol. The fourth-order valence-electron chi connectivity index (χ4n) is 2.79. The molecule has 0 saturated heterocycles. The molecule has 1 aliphatic carbocycles. The van der Waals surface area contributed by atoms with E-state index < -0.39 is 0 Å². The molecule has 0 bridgehead atoms. The molecule has 0 N–H and O–H groups in total. The first-order valence-corrected chi connectivity index (χ1v) is 6.73. The maximum atomic E-state index is 9.43. The Kier molecular flexibility index (Phi) is 3.66. The highest BCUT2D eigenvalue weighted by molar-refractivity contribution is 6.35. The normalized spacial score (nSPS) is 27.3. The van der Waals surface area contributed by atoms with Crippen LogP contribution in [0.1, 0.15) is 38.2 Å². The number of benzene rings is 1. The van der Waals surface area contributed by atoms with Gasteiger partial charge in [0.25, 0.3) is 0 Å². The number of hydrogen-bond donors (Lipinski definition) is 0. The summed E-state index contributed by atoms with van der Waals surface area (Å²) in [5.41, 5.74) is 0.569. The summed E-state index contributed by atoms with van der Waals surface area (Å²) in [5, 5.41) is 10.7. The molecule has 0 aliphatic heterocycles. The predicted octanol–water partition coefficient (Wildman–Crippen LogP) is 4.96. The molecule has 1 nitrogen and oxygen atoms in total. The summed E-state index contributed by atoms with van der Waals surface area (Å²) in [4.78, 5) is 0. The van der Waals surface area contributed by atoms with Gasteiger partial charge in [0.1, 0.15) is 0 Å². The second-order valence-electron chi connectivity index (χ2n) is 4.88. The molecule has 3 heteroatoms. The minimum atomic E-state index is -0.374. The number of rotatable bonds is 3. The Bertz CT molecular complexity index is 456. The largest absolute Gasteiger partial charge is 0.197 e. The molecule has 0 atom stereocenters. The van der Waals surface area contributed by atoms with Gasteiger partial charge in [-0.15, -0.1) is 0 Å². The number of hydrogen-bond acceptors (Lipinski definition) is 1. The Morgan fingerprint density at radius 1 is 1.41 bits per heavy atom. The Morgan fingerprint density at radius 3 is 2.65 bits per heavy atom. The summed E-state index contributed by atoms with van der Waals surface area (Å²) in [6.45, 7) is 2.18. The summed E-state index contributed by atoms with van der Waals surface area (Å²) < 4.78 is 0. The lowest BCUT2D eigenvalue weighted by molar-refractivity contribution is 0.185. The Labute approximate surface area is 112 Å². The third-order valence-corrected chi connectivity index (χ3v) is 4.18. The maximum absolute atomic E-state index is 9.43. The van der Waals surface area contributed by atoms with Gasteiger partial charge in [-0.3, -0.25) is 0 Å². The summed E-state index contributed by atoms with van der Waals surface area (Å²) in [7, 11) is 0. The average Bonchev–Trinajstić information content (AvgIpc) is 2.24. The molecule has 17 heavy (non-hydrogen) atoms. The summed E-state index contributed by atoms with van der Waals surface area (Å²) in [6.07, 6.45) is 4.24. The first-order valence-electron chi connectivity index (χ1n) is 5.98. The fraction of sp³-hybridized carbons (Fsp3) is 0.500. The minimum absolute atomic E-state index is 0.374. The van der Waals surface area contributed by atoms with Crippen LogP contribution in [0.5, 0.6) is 0 Å². The van der Waals surface area contributed by atoms with Gasteiger partial charge in [0.2, 0.25) is 0 Å². The third-order valence-electron chi connectivity index (χ3n) is 3.63. The molecule has 1 aromatic carbocycles. The van der Waals surface area contributed by atoms with Crippen molar-refractivity contribution in [2.75, 3.05) is 0 Å². The Morgan fingerprint density at radius 2 is 2.12 bits per heavy atom. The first-order chi connectivity index (χ1) is 8.11. The van der Waals surface area contributed by atoms with Gasteiger partial charge in [-0.05, 0) is 36.5 Å². The van der Waals surface area contributed by atoms with Crippen molar-refractivity contribution in [3.63, 3.8) is 0 Å². The van der Waals surface area contributed by atoms with Crippen LogP contribution in [0.2, 0.25) is 10.0 Å². The Balaban J connectivity index is 2.24. The second kappa shape index (κ2) is 4.88. The van der Waals surface area contributed by atoms with Crippen LogP contribution in [0.25, 0.3) is 0 Å². The van der Waals surface area contributed by atoms with Crippen molar-refractivity contribution >= 4 is 23.2 Å². The van der Waals surface area contributed by atoms with Crippen molar-refractivity contribution in [3.05, 3.63) is 33.8 Å². The van der Waals surface area contributed by atoms with Crippen molar-refractivity contribution in [2.24, 2.45) is 5.92 Å². The molecule has 1 fully saturated rings. The summed E-state index contributed by atoms with van der Waals surface area (Å²) in [5.74, 6) is 0.673. The van der Waals surface area contributed by atoms with Crippen LogP contribution in [-0.2, 0) is 5.41 Å². The van der Waals surface area contributed by atoms with Gasteiger partial charge in [0.15, 0.2) is 0 Å². The van der Waals surface area contributed by atoms with Crippen molar-refractivity contribution in [2.45, 2.75) is 38.0 Å². The van der Waals surface area contributed by atoms with Crippen molar-refractivity contribution < 1.29 is 0 Å². The quantitative estimate of drug-likeness (QED) is 0.759. The van der Waals surface area contributed by atoms with Gasteiger partial charge in [-0.1, -0.05) is 49.0 Å². The minimum Gasteiger partial charge on any atom is -0.197 e. The monoisotopic (exact) mass is 267 g/mol. The molecule has 1 aliphatic rings. The van der Waals surface area contributed by atoms with E-state index in [0.29, 0.717) is 16.0 Å². The standard InChI is InChI=1S/C14H15Cl2N/c1-2-3-10-7-14(8-10,9-17)12-5-4-11(15)6-13(12)16/h4-6,10H,2-3,7-8H2,1H3. The zero-order valence-electron chi connectivity index (χ0n) is 9.84. The van der Waals surface area contributed by atoms with Crippen LogP contribution >= 0.6 is 23.2 Å². The SMILES string of the molecule is CCCC1CC(C#N)(c2ccc(Cl)cc2Cl)C1. The van der Waals surface area contributed by atoms with Crippen LogP contribution in [0.4, 0.5) is 0 Å². The van der Waals surface area contributed by atoms with Crippen molar-refractivity contribution in [3.8, 4) is 6.07 Å². The van der Waals surface area contributed by atoms with E-state index in [1.165, 1.54) is 12.8 Å². The second-order valence-corrected chi connectivity index (χ2v) is 5.72. The highest BCUT2D eigenvalue weighted by Crippen LogP contribution is 2.51. The molecule has 0 heterocycles.